The zero-order valence-corrected chi connectivity index (χ0v) is 9.65. The van der Waals surface area contributed by atoms with E-state index < -0.39 is 0 Å². The molecule has 0 saturated carbocycles. The fourth-order valence-electron chi connectivity index (χ4n) is 1.15. The summed E-state index contributed by atoms with van der Waals surface area (Å²) in [6.45, 7) is 1.78. The highest BCUT2D eigenvalue weighted by atomic mass is 127. The summed E-state index contributed by atoms with van der Waals surface area (Å²) in [4.78, 5) is 4.13. The van der Waals surface area contributed by atoms with E-state index in [4.69, 9.17) is 10.3 Å². The predicted molar refractivity (Wildman–Crippen MR) is 61.6 cm³/mol. The Bertz CT molecular complexity index is 447. The van der Waals surface area contributed by atoms with Gasteiger partial charge in [0.2, 0.25) is 0 Å². The van der Waals surface area contributed by atoms with Gasteiger partial charge in [-0.15, -0.1) is 0 Å². The summed E-state index contributed by atoms with van der Waals surface area (Å²) in [5.74, 6) is 1.13. The Hall–Kier alpha value is -1.11. The van der Waals surface area contributed by atoms with E-state index >= 15 is 0 Å². The minimum Gasteiger partial charge on any atom is -0.399 e. The maximum absolute atomic E-state index is 5.71. The molecule has 1 heterocycles. The van der Waals surface area contributed by atoms with Gasteiger partial charge in [-0.2, -0.15) is 4.98 Å². The molecule has 0 spiro atoms. The number of rotatable bonds is 1. The van der Waals surface area contributed by atoms with Crippen molar-refractivity contribution in [1.29, 1.82) is 0 Å². The smallest absolute Gasteiger partial charge is 0.258 e. The van der Waals surface area contributed by atoms with Crippen molar-refractivity contribution < 1.29 is 4.52 Å². The maximum atomic E-state index is 5.71. The fraction of sp³-hybridized carbons (Fsp3) is 0.111. The van der Waals surface area contributed by atoms with Crippen LogP contribution in [0.1, 0.15) is 5.82 Å². The molecule has 0 atom stereocenters. The van der Waals surface area contributed by atoms with Crippen LogP contribution in [0.4, 0.5) is 5.69 Å². The second-order valence-electron chi connectivity index (χ2n) is 2.92. The molecule has 4 nitrogen and oxygen atoms in total. The van der Waals surface area contributed by atoms with E-state index in [0.717, 1.165) is 9.13 Å². The number of nitrogens with zero attached hydrogens (tertiary/aromatic N) is 2. The Morgan fingerprint density at radius 2 is 2.14 bits per heavy atom. The van der Waals surface area contributed by atoms with Crippen molar-refractivity contribution in [2.24, 2.45) is 0 Å². The minimum atomic E-state index is 0.507. The molecule has 0 unspecified atom stereocenters. The summed E-state index contributed by atoms with van der Waals surface area (Å²) in [7, 11) is 0. The summed E-state index contributed by atoms with van der Waals surface area (Å²) >= 11 is 2.19. The standard InChI is InChI=1S/C9H8IN3O/c1-5-12-9(14-13-5)6-2-7(10)4-8(11)3-6/h2-4H,11H2,1H3. The van der Waals surface area contributed by atoms with E-state index in [1.165, 1.54) is 0 Å². The van der Waals surface area contributed by atoms with Crippen LogP contribution in [0.25, 0.3) is 11.5 Å². The van der Waals surface area contributed by atoms with Crippen molar-refractivity contribution in [2.45, 2.75) is 6.92 Å². The van der Waals surface area contributed by atoms with Gasteiger partial charge in [0.05, 0.1) is 0 Å². The van der Waals surface area contributed by atoms with E-state index in [0.29, 0.717) is 17.4 Å². The summed E-state index contributed by atoms with van der Waals surface area (Å²) in [6, 6.07) is 5.65. The Morgan fingerprint density at radius 1 is 1.36 bits per heavy atom. The average molecular weight is 301 g/mol. The summed E-state index contributed by atoms with van der Waals surface area (Å²) in [5, 5.41) is 3.72. The Morgan fingerprint density at radius 3 is 2.71 bits per heavy atom. The molecule has 1 aromatic heterocycles. The molecule has 2 rings (SSSR count). The minimum absolute atomic E-state index is 0.507. The molecule has 72 valence electrons. The Labute approximate surface area is 94.6 Å². The van der Waals surface area contributed by atoms with Gasteiger partial charge >= 0.3 is 0 Å². The van der Waals surface area contributed by atoms with Gasteiger partial charge in [-0.1, -0.05) is 5.16 Å². The van der Waals surface area contributed by atoms with Gasteiger partial charge in [0, 0.05) is 14.8 Å². The highest BCUT2D eigenvalue weighted by Gasteiger charge is 2.07. The summed E-state index contributed by atoms with van der Waals surface area (Å²) in [5.41, 5.74) is 7.26. The molecule has 2 aromatic rings. The van der Waals surface area contributed by atoms with Crippen LogP contribution in [-0.4, -0.2) is 10.1 Å². The number of nitrogens with two attached hydrogens (primary N) is 1. The molecular formula is C9H8IN3O. The first-order chi connectivity index (χ1) is 6.65. The summed E-state index contributed by atoms with van der Waals surface area (Å²) in [6.07, 6.45) is 0. The molecular weight excluding hydrogens is 293 g/mol. The molecule has 0 fully saturated rings. The Balaban J connectivity index is 2.51. The van der Waals surface area contributed by atoms with Crippen molar-refractivity contribution in [3.05, 3.63) is 27.6 Å². The molecule has 1 aromatic carbocycles. The lowest BCUT2D eigenvalue weighted by Gasteiger charge is -1.98. The first-order valence-electron chi connectivity index (χ1n) is 4.02. The lowest BCUT2D eigenvalue weighted by atomic mass is 10.2. The molecule has 0 aliphatic heterocycles. The SMILES string of the molecule is Cc1noc(-c2cc(N)cc(I)c2)n1. The lowest BCUT2D eigenvalue weighted by molar-refractivity contribution is 0.425. The van der Waals surface area contributed by atoms with Gasteiger partial charge in [-0.3, -0.25) is 0 Å². The predicted octanol–water partition coefficient (Wildman–Crippen LogP) is 2.23. The number of hydrogen-bond donors (Lipinski definition) is 1. The number of anilines is 1. The van der Waals surface area contributed by atoms with Gasteiger partial charge in [-0.25, -0.2) is 0 Å². The van der Waals surface area contributed by atoms with Crippen molar-refractivity contribution in [2.75, 3.05) is 5.73 Å². The van der Waals surface area contributed by atoms with E-state index in [2.05, 4.69) is 32.7 Å². The lowest BCUT2D eigenvalue weighted by Crippen LogP contribution is -1.87. The van der Waals surface area contributed by atoms with Crippen LogP contribution in [0, 0.1) is 10.5 Å². The third kappa shape index (κ3) is 1.87. The van der Waals surface area contributed by atoms with Crippen molar-refractivity contribution in [3.8, 4) is 11.5 Å². The van der Waals surface area contributed by atoms with Crippen molar-refractivity contribution >= 4 is 28.3 Å². The van der Waals surface area contributed by atoms with Crippen LogP contribution < -0.4 is 5.73 Å². The zero-order valence-electron chi connectivity index (χ0n) is 7.49. The molecule has 0 saturated heterocycles. The first kappa shape index (κ1) is 9.45. The average Bonchev–Trinajstić information content (AvgIpc) is 2.50. The van der Waals surface area contributed by atoms with Crippen molar-refractivity contribution in [3.63, 3.8) is 0 Å². The molecule has 0 aliphatic carbocycles. The van der Waals surface area contributed by atoms with E-state index in [9.17, 15) is 0 Å². The number of aromatic nitrogens is 2. The topological polar surface area (TPSA) is 64.9 Å². The largest absolute Gasteiger partial charge is 0.399 e. The second kappa shape index (κ2) is 3.56. The quantitative estimate of drug-likeness (QED) is 0.648. The third-order valence-electron chi connectivity index (χ3n) is 1.69. The van der Waals surface area contributed by atoms with Crippen LogP contribution >= 0.6 is 22.6 Å². The first-order valence-corrected chi connectivity index (χ1v) is 5.10. The van der Waals surface area contributed by atoms with Crippen LogP contribution in [0.2, 0.25) is 0 Å². The fourth-order valence-corrected chi connectivity index (χ4v) is 1.85. The molecule has 2 N–H and O–H groups in total. The van der Waals surface area contributed by atoms with Crippen LogP contribution in [0.3, 0.4) is 0 Å². The molecule has 0 amide bonds. The van der Waals surface area contributed by atoms with Gasteiger partial charge < -0.3 is 10.3 Å². The van der Waals surface area contributed by atoms with Crippen LogP contribution in [0.15, 0.2) is 22.7 Å². The molecule has 14 heavy (non-hydrogen) atoms. The summed E-state index contributed by atoms with van der Waals surface area (Å²) < 4.78 is 6.09. The normalized spacial score (nSPS) is 10.4. The van der Waals surface area contributed by atoms with Gasteiger partial charge in [-0.05, 0) is 47.7 Å². The molecule has 5 heteroatoms. The van der Waals surface area contributed by atoms with E-state index in [1.54, 1.807) is 6.92 Å². The monoisotopic (exact) mass is 301 g/mol. The maximum Gasteiger partial charge on any atom is 0.258 e. The Kier molecular flexibility index (Phi) is 2.40. The van der Waals surface area contributed by atoms with E-state index in [-0.39, 0.29) is 0 Å². The number of nitrogen functional groups attached to an aromatic ring is 1. The highest BCUT2D eigenvalue weighted by molar-refractivity contribution is 14.1. The van der Waals surface area contributed by atoms with Crippen molar-refractivity contribution in [1.82, 2.24) is 10.1 Å². The van der Waals surface area contributed by atoms with E-state index in [1.807, 2.05) is 18.2 Å². The molecule has 0 radical (unpaired) electrons. The van der Waals surface area contributed by atoms with Gasteiger partial charge in [0.15, 0.2) is 5.82 Å². The number of aryl methyl sites for hydroxylation is 1. The third-order valence-corrected chi connectivity index (χ3v) is 2.32. The zero-order chi connectivity index (χ0) is 10.1. The van der Waals surface area contributed by atoms with Crippen LogP contribution in [0.5, 0.6) is 0 Å². The van der Waals surface area contributed by atoms with Gasteiger partial charge in [0.25, 0.3) is 5.89 Å². The number of hydrogen-bond acceptors (Lipinski definition) is 4. The van der Waals surface area contributed by atoms with Gasteiger partial charge in [0.1, 0.15) is 0 Å². The molecule has 0 aliphatic rings. The number of halogens is 1. The molecule has 0 bridgehead atoms. The second-order valence-corrected chi connectivity index (χ2v) is 4.17. The number of benzene rings is 1. The highest BCUT2D eigenvalue weighted by Crippen LogP contribution is 2.22. The van der Waals surface area contributed by atoms with Crippen LogP contribution in [-0.2, 0) is 0 Å².